The molecule has 0 aromatic carbocycles. The molecule has 0 unspecified atom stereocenters. The lowest BCUT2D eigenvalue weighted by Gasteiger charge is -2.05. The summed E-state index contributed by atoms with van der Waals surface area (Å²) in [6, 6.07) is 0. The molecule has 0 spiro atoms. The number of anilines is 1. The first kappa shape index (κ1) is 10.4. The third-order valence-corrected chi connectivity index (χ3v) is 1.84. The summed E-state index contributed by atoms with van der Waals surface area (Å²) >= 11 is 8.35. The first-order chi connectivity index (χ1) is 6.00. The molecule has 0 bridgehead atoms. The van der Waals surface area contributed by atoms with Crippen molar-refractivity contribution in [3.8, 4) is 5.88 Å². The molecule has 8 heteroatoms. The molecule has 72 valence electrons. The molecule has 0 aliphatic heterocycles. The van der Waals surface area contributed by atoms with Gasteiger partial charge in [0.1, 0.15) is 4.60 Å². The minimum absolute atomic E-state index is 0.0694. The molecule has 0 saturated heterocycles. The fraction of sp³-hybridized carbons (Fsp3) is 0.200. The lowest BCUT2D eigenvalue weighted by molar-refractivity contribution is -0.0529. The fourth-order valence-corrected chi connectivity index (χ4v) is 1.09. The van der Waals surface area contributed by atoms with E-state index in [1.165, 1.54) is 0 Å². The summed E-state index contributed by atoms with van der Waals surface area (Å²) in [5.74, 6) is -0.558. The molecule has 4 nitrogen and oxygen atoms in total. The monoisotopic (exact) mass is 273 g/mol. The summed E-state index contributed by atoms with van der Waals surface area (Å²) in [4.78, 5) is 7.01. The van der Waals surface area contributed by atoms with Gasteiger partial charge < -0.3 is 10.5 Å². The number of ether oxygens (including phenoxy) is 1. The lowest BCUT2D eigenvalue weighted by Crippen LogP contribution is -2.06. The van der Waals surface area contributed by atoms with Crippen molar-refractivity contribution >= 4 is 33.3 Å². The van der Waals surface area contributed by atoms with Gasteiger partial charge in [-0.1, -0.05) is 11.6 Å². The van der Waals surface area contributed by atoms with E-state index in [-0.39, 0.29) is 15.6 Å². The van der Waals surface area contributed by atoms with Crippen LogP contribution in [-0.4, -0.2) is 16.6 Å². The van der Waals surface area contributed by atoms with Crippen LogP contribution >= 0.6 is 27.5 Å². The van der Waals surface area contributed by atoms with Gasteiger partial charge in [-0.05, 0) is 15.9 Å². The van der Waals surface area contributed by atoms with Crippen LogP contribution in [0.4, 0.5) is 14.6 Å². The maximum absolute atomic E-state index is 11.7. The third kappa shape index (κ3) is 2.63. The van der Waals surface area contributed by atoms with Gasteiger partial charge in [0, 0.05) is 0 Å². The highest BCUT2D eigenvalue weighted by atomic mass is 79.9. The molecule has 0 fully saturated rings. The topological polar surface area (TPSA) is 61.0 Å². The predicted octanol–water partition coefficient (Wildman–Crippen LogP) is 2.08. The Morgan fingerprint density at radius 1 is 1.46 bits per heavy atom. The quantitative estimate of drug-likeness (QED) is 0.897. The van der Waals surface area contributed by atoms with Crippen molar-refractivity contribution in [2.45, 2.75) is 6.61 Å². The molecule has 0 amide bonds. The summed E-state index contributed by atoms with van der Waals surface area (Å²) in [7, 11) is 0. The highest BCUT2D eigenvalue weighted by Crippen LogP contribution is 2.26. The molecule has 0 radical (unpaired) electrons. The minimum atomic E-state index is -3.01. The van der Waals surface area contributed by atoms with Crippen LogP contribution in [0.3, 0.4) is 0 Å². The van der Waals surface area contributed by atoms with Crippen LogP contribution in [0.15, 0.2) is 4.60 Å². The molecule has 0 aliphatic rings. The van der Waals surface area contributed by atoms with Crippen LogP contribution in [0, 0.1) is 0 Å². The van der Waals surface area contributed by atoms with E-state index >= 15 is 0 Å². The number of nitrogens with two attached hydrogens (primary N) is 1. The van der Waals surface area contributed by atoms with E-state index in [0.717, 1.165) is 0 Å². The van der Waals surface area contributed by atoms with Gasteiger partial charge in [0.05, 0.1) is 0 Å². The van der Waals surface area contributed by atoms with E-state index in [2.05, 4.69) is 30.6 Å². The normalized spacial score (nSPS) is 10.5. The number of nitrogens with zero attached hydrogens (tertiary/aromatic N) is 2. The first-order valence-electron chi connectivity index (χ1n) is 2.94. The second-order valence-electron chi connectivity index (χ2n) is 1.87. The first-order valence-corrected chi connectivity index (χ1v) is 4.11. The molecule has 0 aliphatic carbocycles. The Morgan fingerprint density at radius 3 is 2.62 bits per heavy atom. The Bertz CT molecular complexity index is 325. The van der Waals surface area contributed by atoms with E-state index in [4.69, 9.17) is 17.3 Å². The van der Waals surface area contributed by atoms with Crippen molar-refractivity contribution in [2.75, 3.05) is 5.73 Å². The highest BCUT2D eigenvalue weighted by Gasteiger charge is 2.13. The Morgan fingerprint density at radius 2 is 2.08 bits per heavy atom. The summed E-state index contributed by atoms with van der Waals surface area (Å²) in [6.45, 7) is -3.01. The third-order valence-electron chi connectivity index (χ3n) is 1.01. The molecule has 1 rings (SSSR count). The molecular formula is C5H3BrClF2N3O. The molecule has 13 heavy (non-hydrogen) atoms. The van der Waals surface area contributed by atoms with E-state index in [9.17, 15) is 8.78 Å². The van der Waals surface area contributed by atoms with Crippen LogP contribution in [0.1, 0.15) is 0 Å². The van der Waals surface area contributed by atoms with Gasteiger partial charge in [-0.2, -0.15) is 13.8 Å². The smallest absolute Gasteiger partial charge is 0.388 e. The number of hydrogen-bond donors (Lipinski definition) is 1. The molecule has 0 atom stereocenters. The Hall–Kier alpha value is -0.690. The minimum Gasteiger partial charge on any atom is -0.414 e. The van der Waals surface area contributed by atoms with Gasteiger partial charge >= 0.3 is 6.61 Å². The van der Waals surface area contributed by atoms with Crippen molar-refractivity contribution in [3.63, 3.8) is 0 Å². The summed E-state index contributed by atoms with van der Waals surface area (Å²) in [5.41, 5.74) is 5.26. The number of alkyl halides is 2. The second kappa shape index (κ2) is 4.01. The fourth-order valence-electron chi connectivity index (χ4n) is 0.552. The van der Waals surface area contributed by atoms with Crippen molar-refractivity contribution in [3.05, 3.63) is 9.76 Å². The Kier molecular flexibility index (Phi) is 3.21. The number of aromatic nitrogens is 2. The van der Waals surface area contributed by atoms with Crippen LogP contribution in [0.5, 0.6) is 5.88 Å². The number of rotatable bonds is 2. The van der Waals surface area contributed by atoms with Crippen molar-refractivity contribution in [1.29, 1.82) is 0 Å². The van der Waals surface area contributed by atoms with Crippen molar-refractivity contribution in [1.82, 2.24) is 9.97 Å². The average Bonchev–Trinajstić information content (AvgIpc) is 1.99. The molecule has 1 heterocycles. The Balaban J connectivity index is 3.01. The molecule has 0 saturated carbocycles. The number of nitrogen functional groups attached to an aromatic ring is 1. The standard InChI is InChI=1S/C5H3BrClF2N3O/c6-1-3(10)12-4(2(7)11-1)13-5(8)9/h5H,(H2,10,12). The van der Waals surface area contributed by atoms with Crippen molar-refractivity contribution in [2.24, 2.45) is 0 Å². The van der Waals surface area contributed by atoms with Crippen molar-refractivity contribution < 1.29 is 13.5 Å². The zero-order chi connectivity index (χ0) is 10.0. The zero-order valence-corrected chi connectivity index (χ0v) is 8.31. The maximum atomic E-state index is 11.7. The number of halogens is 4. The van der Waals surface area contributed by atoms with E-state index in [1.54, 1.807) is 0 Å². The Labute approximate surface area is 85.2 Å². The largest absolute Gasteiger partial charge is 0.414 e. The van der Waals surface area contributed by atoms with E-state index in [0.29, 0.717) is 0 Å². The summed E-state index contributed by atoms with van der Waals surface area (Å²) < 4.78 is 27.6. The summed E-state index contributed by atoms with van der Waals surface area (Å²) in [6.07, 6.45) is 0. The van der Waals surface area contributed by atoms with Crippen LogP contribution < -0.4 is 10.5 Å². The second-order valence-corrected chi connectivity index (χ2v) is 2.98. The van der Waals surface area contributed by atoms with Gasteiger partial charge in [-0.25, -0.2) is 4.98 Å². The molecular weight excluding hydrogens is 271 g/mol. The average molecular weight is 274 g/mol. The summed E-state index contributed by atoms with van der Waals surface area (Å²) in [5, 5.41) is -0.277. The highest BCUT2D eigenvalue weighted by molar-refractivity contribution is 9.10. The van der Waals surface area contributed by atoms with Gasteiger partial charge in [0.2, 0.25) is 0 Å². The molecule has 1 aromatic rings. The lowest BCUT2D eigenvalue weighted by atomic mass is 10.6. The van der Waals surface area contributed by atoms with Gasteiger partial charge in [-0.15, -0.1) is 0 Å². The maximum Gasteiger partial charge on any atom is 0.388 e. The zero-order valence-electron chi connectivity index (χ0n) is 5.97. The number of hydrogen-bond acceptors (Lipinski definition) is 4. The van der Waals surface area contributed by atoms with Crippen LogP contribution in [-0.2, 0) is 0 Å². The van der Waals surface area contributed by atoms with Crippen LogP contribution in [0.25, 0.3) is 0 Å². The van der Waals surface area contributed by atoms with Gasteiger partial charge in [0.15, 0.2) is 11.0 Å². The van der Waals surface area contributed by atoms with Gasteiger partial charge in [-0.3, -0.25) is 0 Å². The van der Waals surface area contributed by atoms with E-state index in [1.807, 2.05) is 0 Å². The SMILES string of the molecule is Nc1nc(OC(F)F)c(Cl)nc1Br. The van der Waals surface area contributed by atoms with E-state index < -0.39 is 12.5 Å². The van der Waals surface area contributed by atoms with Gasteiger partial charge in [0.25, 0.3) is 5.88 Å². The molecule has 1 aromatic heterocycles. The molecule has 2 N–H and O–H groups in total. The van der Waals surface area contributed by atoms with Crippen LogP contribution in [0.2, 0.25) is 5.15 Å². The predicted molar refractivity (Wildman–Crippen MR) is 45.8 cm³/mol.